The van der Waals surface area contributed by atoms with Gasteiger partial charge in [-0.05, 0) is 48.5 Å². The standard InChI is InChI=1S/C29H28ClFN6O3S/c30-19-5-10-22-24(17-19)27(23-3-1-2-4-25(23)31)32-18-26-28(22)36-29(35-26)34-20-6-8-21(9-7-20)41(38,39)33-11-12-37-13-15-40-16-14-37/h1-10,17,33H,11-16,18H2,(H2,34,35,36). The summed E-state index contributed by atoms with van der Waals surface area (Å²) in [6.45, 7) is 4.16. The number of benzene rings is 3. The predicted octanol–water partition coefficient (Wildman–Crippen LogP) is 4.57. The molecular formula is C29H28ClFN6O3S. The molecule has 3 aromatic carbocycles. The number of anilines is 2. The minimum atomic E-state index is -3.64. The molecule has 41 heavy (non-hydrogen) atoms. The van der Waals surface area contributed by atoms with Gasteiger partial charge in [-0.1, -0.05) is 29.8 Å². The summed E-state index contributed by atoms with van der Waals surface area (Å²) in [5.41, 5.74) is 4.46. The Morgan fingerprint density at radius 2 is 1.78 bits per heavy atom. The second-order valence-electron chi connectivity index (χ2n) is 9.75. The van der Waals surface area contributed by atoms with E-state index >= 15 is 0 Å². The highest BCUT2D eigenvalue weighted by Crippen LogP contribution is 2.34. The summed E-state index contributed by atoms with van der Waals surface area (Å²) < 4.78 is 48.2. The lowest BCUT2D eigenvalue weighted by Crippen LogP contribution is -2.41. The van der Waals surface area contributed by atoms with Crippen LogP contribution in [0.15, 0.2) is 76.6 Å². The number of nitrogens with zero attached hydrogens (tertiary/aromatic N) is 3. The summed E-state index contributed by atoms with van der Waals surface area (Å²) in [4.78, 5) is 15.1. The fourth-order valence-corrected chi connectivity index (χ4v) is 6.14. The minimum Gasteiger partial charge on any atom is -0.379 e. The van der Waals surface area contributed by atoms with Crippen LogP contribution >= 0.6 is 11.6 Å². The van der Waals surface area contributed by atoms with Crippen molar-refractivity contribution in [2.45, 2.75) is 11.4 Å². The summed E-state index contributed by atoms with van der Waals surface area (Å²) in [6, 6.07) is 18.4. The predicted molar refractivity (Wildman–Crippen MR) is 157 cm³/mol. The largest absolute Gasteiger partial charge is 0.379 e. The van der Waals surface area contributed by atoms with Gasteiger partial charge in [-0.15, -0.1) is 0 Å². The van der Waals surface area contributed by atoms with Gasteiger partial charge in [-0.3, -0.25) is 9.89 Å². The first kappa shape index (κ1) is 27.6. The molecule has 6 rings (SSSR count). The van der Waals surface area contributed by atoms with Crippen LogP contribution in [0.4, 0.5) is 16.0 Å². The number of aromatic amines is 1. The van der Waals surface area contributed by atoms with E-state index in [1.165, 1.54) is 6.07 Å². The van der Waals surface area contributed by atoms with Crippen molar-refractivity contribution in [3.63, 3.8) is 0 Å². The van der Waals surface area contributed by atoms with Gasteiger partial charge in [0.05, 0.1) is 41.8 Å². The molecule has 212 valence electrons. The molecule has 2 aliphatic heterocycles. The van der Waals surface area contributed by atoms with Crippen LogP contribution < -0.4 is 10.0 Å². The molecule has 0 radical (unpaired) electrons. The molecular weight excluding hydrogens is 567 g/mol. The number of morpholine rings is 1. The van der Waals surface area contributed by atoms with Crippen molar-refractivity contribution >= 4 is 39.0 Å². The number of halogens is 2. The van der Waals surface area contributed by atoms with Gasteiger partial charge in [-0.25, -0.2) is 22.5 Å². The van der Waals surface area contributed by atoms with Gasteiger partial charge in [0.25, 0.3) is 0 Å². The van der Waals surface area contributed by atoms with Gasteiger partial charge in [-0.2, -0.15) is 0 Å². The van der Waals surface area contributed by atoms with Gasteiger partial charge >= 0.3 is 0 Å². The van der Waals surface area contributed by atoms with E-state index in [1.807, 2.05) is 6.07 Å². The zero-order valence-corrected chi connectivity index (χ0v) is 23.6. The summed E-state index contributed by atoms with van der Waals surface area (Å²) in [7, 11) is -3.64. The number of fused-ring (bicyclic) bond motifs is 3. The molecule has 0 bridgehead atoms. The Kier molecular flexibility index (Phi) is 7.87. The fraction of sp³-hybridized carbons (Fsp3) is 0.241. The van der Waals surface area contributed by atoms with Crippen LogP contribution in [-0.4, -0.2) is 68.4 Å². The Balaban J connectivity index is 1.19. The maximum absolute atomic E-state index is 14.7. The monoisotopic (exact) mass is 594 g/mol. The average molecular weight is 595 g/mol. The molecule has 2 aliphatic rings. The Morgan fingerprint density at radius 1 is 1.00 bits per heavy atom. The van der Waals surface area contributed by atoms with E-state index in [0.717, 1.165) is 24.3 Å². The number of sulfonamides is 1. The number of ether oxygens (including phenoxy) is 1. The maximum Gasteiger partial charge on any atom is 0.240 e. The highest BCUT2D eigenvalue weighted by molar-refractivity contribution is 7.89. The Labute approximate surface area is 242 Å². The zero-order chi connectivity index (χ0) is 28.4. The van der Waals surface area contributed by atoms with Crippen LogP contribution in [0.5, 0.6) is 0 Å². The second kappa shape index (κ2) is 11.7. The zero-order valence-electron chi connectivity index (χ0n) is 22.0. The van der Waals surface area contributed by atoms with E-state index in [9.17, 15) is 12.8 Å². The van der Waals surface area contributed by atoms with E-state index in [1.54, 1.807) is 54.6 Å². The SMILES string of the molecule is O=S(=O)(NCCN1CCOCC1)c1ccc(Nc2nc3c([nH]2)CN=C(c2ccccc2F)c2cc(Cl)ccc2-3)cc1. The molecule has 0 atom stereocenters. The van der Waals surface area contributed by atoms with Crippen molar-refractivity contribution in [2.75, 3.05) is 44.7 Å². The molecule has 0 spiro atoms. The molecule has 4 aromatic rings. The lowest BCUT2D eigenvalue weighted by molar-refractivity contribution is 0.0390. The summed E-state index contributed by atoms with van der Waals surface area (Å²) in [5.74, 6) is 0.107. The van der Waals surface area contributed by atoms with Crippen molar-refractivity contribution in [1.29, 1.82) is 0 Å². The molecule has 9 nitrogen and oxygen atoms in total. The summed E-state index contributed by atoms with van der Waals surface area (Å²) in [6.07, 6.45) is 0. The van der Waals surface area contributed by atoms with E-state index < -0.39 is 10.0 Å². The summed E-state index contributed by atoms with van der Waals surface area (Å²) in [5, 5.41) is 3.72. The quantitative estimate of drug-likeness (QED) is 0.275. The Hall–Kier alpha value is -3.61. The Morgan fingerprint density at radius 3 is 2.56 bits per heavy atom. The molecule has 3 heterocycles. The molecule has 1 saturated heterocycles. The molecule has 0 aliphatic carbocycles. The van der Waals surface area contributed by atoms with Gasteiger partial charge < -0.3 is 15.0 Å². The molecule has 1 fully saturated rings. The van der Waals surface area contributed by atoms with Crippen molar-refractivity contribution < 1.29 is 17.5 Å². The number of imidazole rings is 1. The molecule has 0 unspecified atom stereocenters. The first-order valence-electron chi connectivity index (χ1n) is 13.2. The number of hydrogen-bond donors (Lipinski definition) is 3. The number of aliphatic imine (C=N–C) groups is 1. The average Bonchev–Trinajstić information content (AvgIpc) is 3.30. The normalized spacial score (nSPS) is 15.5. The van der Waals surface area contributed by atoms with Crippen LogP contribution in [0.25, 0.3) is 11.3 Å². The van der Waals surface area contributed by atoms with E-state index in [0.29, 0.717) is 65.5 Å². The van der Waals surface area contributed by atoms with Gasteiger partial charge in [0.2, 0.25) is 16.0 Å². The van der Waals surface area contributed by atoms with Gasteiger partial charge in [0, 0.05) is 53.6 Å². The molecule has 1 aromatic heterocycles. The molecule has 0 amide bonds. The Bertz CT molecular complexity index is 1700. The van der Waals surface area contributed by atoms with Crippen LogP contribution in [0.1, 0.15) is 16.8 Å². The third-order valence-corrected chi connectivity index (χ3v) is 8.76. The number of H-pyrrole nitrogens is 1. The molecule has 3 N–H and O–H groups in total. The fourth-order valence-electron chi connectivity index (χ4n) is 4.95. The van der Waals surface area contributed by atoms with Crippen molar-refractivity contribution in [1.82, 2.24) is 19.6 Å². The number of hydrogen-bond acceptors (Lipinski definition) is 7. The van der Waals surface area contributed by atoms with Crippen LogP contribution in [0, 0.1) is 5.82 Å². The van der Waals surface area contributed by atoms with Gasteiger partial charge in [0.1, 0.15) is 5.82 Å². The summed E-state index contributed by atoms with van der Waals surface area (Å²) >= 11 is 6.33. The first-order valence-corrected chi connectivity index (χ1v) is 15.1. The number of nitrogens with one attached hydrogen (secondary N) is 3. The highest BCUT2D eigenvalue weighted by Gasteiger charge is 2.24. The lowest BCUT2D eigenvalue weighted by Gasteiger charge is -2.26. The van der Waals surface area contributed by atoms with Crippen molar-refractivity contribution in [3.8, 4) is 11.3 Å². The third kappa shape index (κ3) is 6.04. The van der Waals surface area contributed by atoms with E-state index in [4.69, 9.17) is 26.3 Å². The smallest absolute Gasteiger partial charge is 0.240 e. The molecule has 12 heteroatoms. The van der Waals surface area contributed by atoms with E-state index in [-0.39, 0.29) is 17.3 Å². The highest BCUT2D eigenvalue weighted by atomic mass is 35.5. The van der Waals surface area contributed by atoms with Gasteiger partial charge in [0.15, 0.2) is 0 Å². The lowest BCUT2D eigenvalue weighted by atomic mass is 9.96. The van der Waals surface area contributed by atoms with Crippen molar-refractivity contribution in [2.24, 2.45) is 4.99 Å². The molecule has 0 saturated carbocycles. The number of aromatic nitrogens is 2. The minimum absolute atomic E-state index is 0.182. The van der Waals surface area contributed by atoms with Crippen LogP contribution in [0.3, 0.4) is 0 Å². The van der Waals surface area contributed by atoms with Crippen LogP contribution in [0.2, 0.25) is 5.02 Å². The second-order valence-corrected chi connectivity index (χ2v) is 12.0. The third-order valence-electron chi connectivity index (χ3n) is 7.05. The number of rotatable bonds is 8. The topological polar surface area (TPSA) is 112 Å². The first-order chi connectivity index (χ1) is 19.9. The van der Waals surface area contributed by atoms with Crippen LogP contribution in [-0.2, 0) is 21.3 Å². The van der Waals surface area contributed by atoms with E-state index in [2.05, 4.69) is 19.9 Å². The maximum atomic E-state index is 14.7. The van der Waals surface area contributed by atoms with Crippen molar-refractivity contribution in [3.05, 3.63) is 94.4 Å².